The summed E-state index contributed by atoms with van der Waals surface area (Å²) < 4.78 is 1.77. The Bertz CT molecular complexity index is 681. The zero-order valence-electron chi connectivity index (χ0n) is 10.4. The molecule has 0 aliphatic carbocycles. The van der Waals surface area contributed by atoms with E-state index in [2.05, 4.69) is 25.3 Å². The van der Waals surface area contributed by atoms with E-state index in [0.29, 0.717) is 0 Å². The van der Waals surface area contributed by atoms with Crippen LogP contribution in [-0.2, 0) is 12.3 Å². The van der Waals surface area contributed by atoms with Crippen molar-refractivity contribution < 1.29 is 0 Å². The molecule has 7 heteroatoms. The molecule has 0 amide bonds. The minimum atomic E-state index is 0.750. The predicted octanol–water partition coefficient (Wildman–Crippen LogP) is 1.93. The molecule has 0 aromatic carbocycles. The molecule has 3 aromatic rings. The number of aromatic nitrogens is 6. The van der Waals surface area contributed by atoms with E-state index in [-0.39, 0.29) is 0 Å². The molecule has 0 atom stereocenters. The van der Waals surface area contributed by atoms with Gasteiger partial charge in [0.05, 0.1) is 0 Å². The molecular formula is C12H12N6S. The SMILES string of the molecule is CCn1nnc2c(SCc3cccnc3)ncnc21. The summed E-state index contributed by atoms with van der Waals surface area (Å²) in [6, 6.07) is 3.97. The number of thioether (sulfide) groups is 1. The first-order valence-electron chi connectivity index (χ1n) is 5.94. The first-order valence-corrected chi connectivity index (χ1v) is 6.93. The van der Waals surface area contributed by atoms with E-state index in [9.17, 15) is 0 Å². The summed E-state index contributed by atoms with van der Waals surface area (Å²) in [6.07, 6.45) is 5.18. The minimum absolute atomic E-state index is 0.750. The zero-order chi connectivity index (χ0) is 13.1. The lowest BCUT2D eigenvalue weighted by atomic mass is 10.3. The van der Waals surface area contributed by atoms with E-state index in [1.165, 1.54) is 0 Å². The van der Waals surface area contributed by atoms with E-state index in [4.69, 9.17) is 0 Å². The molecule has 0 fully saturated rings. The largest absolute Gasteiger partial charge is 0.264 e. The number of pyridine rings is 1. The summed E-state index contributed by atoms with van der Waals surface area (Å²) in [7, 11) is 0. The van der Waals surface area contributed by atoms with Crippen molar-refractivity contribution in [1.82, 2.24) is 29.9 Å². The van der Waals surface area contributed by atoms with E-state index in [1.807, 2.05) is 25.3 Å². The molecule has 0 N–H and O–H groups in total. The van der Waals surface area contributed by atoms with Crippen molar-refractivity contribution in [3.05, 3.63) is 36.4 Å². The van der Waals surface area contributed by atoms with Gasteiger partial charge in [-0.15, -0.1) is 5.10 Å². The lowest BCUT2D eigenvalue weighted by molar-refractivity contribution is 0.641. The smallest absolute Gasteiger partial charge is 0.182 e. The molecule has 3 aromatic heterocycles. The highest BCUT2D eigenvalue weighted by atomic mass is 32.2. The van der Waals surface area contributed by atoms with Crippen LogP contribution in [0.15, 0.2) is 35.9 Å². The number of hydrogen-bond donors (Lipinski definition) is 0. The first-order chi connectivity index (χ1) is 9.38. The molecule has 96 valence electrons. The number of rotatable bonds is 4. The fourth-order valence-corrected chi connectivity index (χ4v) is 2.59. The third kappa shape index (κ3) is 2.41. The Balaban J connectivity index is 1.87. The fourth-order valence-electron chi connectivity index (χ4n) is 1.73. The average Bonchev–Trinajstić information content (AvgIpc) is 2.90. The maximum atomic E-state index is 4.29. The van der Waals surface area contributed by atoms with Crippen LogP contribution in [0.2, 0.25) is 0 Å². The van der Waals surface area contributed by atoms with Gasteiger partial charge >= 0.3 is 0 Å². The Hall–Kier alpha value is -2.02. The van der Waals surface area contributed by atoms with E-state index in [1.54, 1.807) is 29.0 Å². The second kappa shape index (κ2) is 5.31. The Kier molecular flexibility index (Phi) is 3.37. The van der Waals surface area contributed by atoms with Gasteiger partial charge in [-0.3, -0.25) is 4.98 Å². The van der Waals surface area contributed by atoms with Crippen molar-refractivity contribution in [2.45, 2.75) is 24.2 Å². The van der Waals surface area contributed by atoms with Crippen LogP contribution in [0.3, 0.4) is 0 Å². The van der Waals surface area contributed by atoms with Gasteiger partial charge in [-0.2, -0.15) is 0 Å². The van der Waals surface area contributed by atoms with Crippen LogP contribution in [0.25, 0.3) is 11.2 Å². The van der Waals surface area contributed by atoms with Crippen LogP contribution < -0.4 is 0 Å². The maximum absolute atomic E-state index is 4.29. The highest BCUT2D eigenvalue weighted by Gasteiger charge is 2.11. The summed E-state index contributed by atoms with van der Waals surface area (Å²) in [4.78, 5) is 12.6. The number of nitrogens with zero attached hydrogens (tertiary/aromatic N) is 6. The van der Waals surface area contributed by atoms with Crippen LogP contribution >= 0.6 is 11.8 Å². The third-order valence-corrected chi connectivity index (χ3v) is 3.71. The summed E-state index contributed by atoms with van der Waals surface area (Å²) in [5, 5.41) is 9.08. The van der Waals surface area contributed by atoms with Crippen molar-refractivity contribution in [2.24, 2.45) is 0 Å². The molecule has 0 spiro atoms. The highest BCUT2D eigenvalue weighted by molar-refractivity contribution is 7.98. The summed E-state index contributed by atoms with van der Waals surface area (Å²) >= 11 is 1.62. The van der Waals surface area contributed by atoms with Gasteiger partial charge < -0.3 is 0 Å². The van der Waals surface area contributed by atoms with Gasteiger partial charge in [-0.05, 0) is 18.6 Å². The Morgan fingerprint density at radius 3 is 3.05 bits per heavy atom. The summed E-state index contributed by atoms with van der Waals surface area (Å²) in [6.45, 7) is 2.76. The zero-order valence-corrected chi connectivity index (χ0v) is 11.2. The minimum Gasteiger partial charge on any atom is -0.264 e. The van der Waals surface area contributed by atoms with Crippen molar-refractivity contribution >= 4 is 22.9 Å². The van der Waals surface area contributed by atoms with Gasteiger partial charge in [0.25, 0.3) is 0 Å². The Labute approximate surface area is 114 Å². The maximum Gasteiger partial charge on any atom is 0.182 e. The van der Waals surface area contributed by atoms with Gasteiger partial charge in [0.2, 0.25) is 0 Å². The standard InChI is InChI=1S/C12H12N6S/c1-2-18-11-10(16-17-18)12(15-8-14-11)19-7-9-4-3-5-13-6-9/h3-6,8H,2,7H2,1H3. The molecular weight excluding hydrogens is 260 g/mol. The van der Waals surface area contributed by atoms with E-state index in [0.717, 1.165) is 34.1 Å². The number of hydrogen-bond acceptors (Lipinski definition) is 6. The molecule has 0 radical (unpaired) electrons. The van der Waals surface area contributed by atoms with Crippen LogP contribution in [0.4, 0.5) is 0 Å². The van der Waals surface area contributed by atoms with E-state index >= 15 is 0 Å². The van der Waals surface area contributed by atoms with Crippen LogP contribution in [0.5, 0.6) is 0 Å². The van der Waals surface area contributed by atoms with Crippen LogP contribution in [-0.4, -0.2) is 29.9 Å². The molecule has 0 saturated heterocycles. The van der Waals surface area contributed by atoms with Gasteiger partial charge in [-0.25, -0.2) is 14.6 Å². The van der Waals surface area contributed by atoms with Gasteiger partial charge in [0.15, 0.2) is 11.2 Å². The second-order valence-corrected chi connectivity index (χ2v) is 4.87. The average molecular weight is 272 g/mol. The predicted molar refractivity (Wildman–Crippen MR) is 72.6 cm³/mol. The van der Waals surface area contributed by atoms with Gasteiger partial charge in [-0.1, -0.05) is 23.0 Å². The molecule has 19 heavy (non-hydrogen) atoms. The molecule has 0 aliphatic heterocycles. The monoisotopic (exact) mass is 272 g/mol. The van der Waals surface area contributed by atoms with Crippen LogP contribution in [0, 0.1) is 0 Å². The molecule has 3 heterocycles. The quantitative estimate of drug-likeness (QED) is 0.534. The Morgan fingerprint density at radius 2 is 2.26 bits per heavy atom. The molecule has 0 bridgehead atoms. The first kappa shape index (κ1) is 12.0. The second-order valence-electron chi connectivity index (χ2n) is 3.91. The third-order valence-electron chi connectivity index (χ3n) is 2.66. The summed E-state index contributed by atoms with van der Waals surface area (Å²) in [5.74, 6) is 0.805. The van der Waals surface area contributed by atoms with Crippen LogP contribution in [0.1, 0.15) is 12.5 Å². The lowest BCUT2D eigenvalue weighted by Crippen LogP contribution is -1.97. The molecule has 0 saturated carbocycles. The lowest BCUT2D eigenvalue weighted by Gasteiger charge is -2.01. The molecule has 0 unspecified atom stereocenters. The van der Waals surface area contributed by atoms with E-state index < -0.39 is 0 Å². The molecule has 6 nitrogen and oxygen atoms in total. The van der Waals surface area contributed by atoms with Crippen molar-refractivity contribution in [3.63, 3.8) is 0 Å². The topological polar surface area (TPSA) is 69.4 Å². The molecule has 3 rings (SSSR count). The normalized spacial score (nSPS) is 11.0. The Morgan fingerprint density at radius 1 is 1.32 bits per heavy atom. The fraction of sp³-hybridized carbons (Fsp3) is 0.250. The van der Waals surface area contributed by atoms with Gasteiger partial charge in [0, 0.05) is 24.7 Å². The molecule has 0 aliphatic rings. The van der Waals surface area contributed by atoms with Crippen molar-refractivity contribution in [3.8, 4) is 0 Å². The number of aryl methyl sites for hydroxylation is 1. The number of fused-ring (bicyclic) bond motifs is 1. The van der Waals surface area contributed by atoms with Crippen molar-refractivity contribution in [1.29, 1.82) is 0 Å². The summed E-state index contributed by atoms with van der Waals surface area (Å²) in [5.41, 5.74) is 2.70. The highest BCUT2D eigenvalue weighted by Crippen LogP contribution is 2.25. The van der Waals surface area contributed by atoms with Gasteiger partial charge in [0.1, 0.15) is 11.4 Å². The van der Waals surface area contributed by atoms with Crippen molar-refractivity contribution in [2.75, 3.05) is 0 Å².